The van der Waals surface area contributed by atoms with Crippen LogP contribution in [0.1, 0.15) is 24.2 Å². The molecule has 22 heavy (non-hydrogen) atoms. The summed E-state index contributed by atoms with van der Waals surface area (Å²) in [6, 6.07) is 4.84. The topological polar surface area (TPSA) is 102 Å². The standard InChI is InChI=1S/C15H19N3O4/c1-9(19)11-3-4-13-12(7-11)18(15(21)10(2)22-13)8-14(20)17-6-5-16/h3-4,7,10H,5-6,8,16H2,1-2H3,(H,17,20). The summed E-state index contributed by atoms with van der Waals surface area (Å²) in [6.07, 6.45) is -0.682. The molecule has 2 rings (SSSR count). The number of ketones is 1. The van der Waals surface area contributed by atoms with Crippen molar-refractivity contribution in [2.75, 3.05) is 24.5 Å². The summed E-state index contributed by atoms with van der Waals surface area (Å²) in [6.45, 7) is 3.58. The van der Waals surface area contributed by atoms with Gasteiger partial charge in [0.25, 0.3) is 5.91 Å². The third kappa shape index (κ3) is 3.25. The third-order valence-electron chi connectivity index (χ3n) is 3.34. The van der Waals surface area contributed by atoms with E-state index >= 15 is 0 Å². The summed E-state index contributed by atoms with van der Waals surface area (Å²) in [5, 5.41) is 2.62. The molecule has 1 aliphatic heterocycles. The number of hydrogen-bond acceptors (Lipinski definition) is 5. The second-order valence-corrected chi connectivity index (χ2v) is 5.06. The first kappa shape index (κ1) is 16.0. The molecule has 1 aromatic carbocycles. The fraction of sp³-hybridized carbons (Fsp3) is 0.400. The molecule has 7 nitrogen and oxygen atoms in total. The smallest absolute Gasteiger partial charge is 0.268 e. The predicted octanol–water partition coefficient (Wildman–Crippen LogP) is 0.0780. The lowest BCUT2D eigenvalue weighted by Crippen LogP contribution is -2.49. The van der Waals surface area contributed by atoms with Crippen LogP contribution in [0, 0.1) is 0 Å². The lowest BCUT2D eigenvalue weighted by atomic mass is 10.1. The quantitative estimate of drug-likeness (QED) is 0.750. The molecular formula is C15H19N3O4. The average Bonchev–Trinajstić information content (AvgIpc) is 2.49. The average molecular weight is 305 g/mol. The minimum absolute atomic E-state index is 0.124. The number of anilines is 1. The molecule has 118 valence electrons. The molecule has 0 fully saturated rings. The van der Waals surface area contributed by atoms with Crippen molar-refractivity contribution >= 4 is 23.3 Å². The van der Waals surface area contributed by atoms with Crippen LogP contribution in [0.5, 0.6) is 5.75 Å². The van der Waals surface area contributed by atoms with Crippen molar-refractivity contribution in [3.63, 3.8) is 0 Å². The van der Waals surface area contributed by atoms with Crippen LogP contribution in [-0.2, 0) is 9.59 Å². The molecule has 0 spiro atoms. The SMILES string of the molecule is CC(=O)c1ccc2c(c1)N(CC(=O)NCCN)C(=O)C(C)O2. The van der Waals surface area contributed by atoms with E-state index < -0.39 is 6.10 Å². The Morgan fingerprint density at radius 3 is 2.77 bits per heavy atom. The van der Waals surface area contributed by atoms with Gasteiger partial charge >= 0.3 is 0 Å². The lowest BCUT2D eigenvalue weighted by Gasteiger charge is -2.32. The Bertz CT molecular complexity index is 615. The minimum Gasteiger partial charge on any atom is -0.479 e. The summed E-state index contributed by atoms with van der Waals surface area (Å²) in [5.74, 6) is -0.284. The van der Waals surface area contributed by atoms with Crippen LogP contribution in [0.4, 0.5) is 5.69 Å². The van der Waals surface area contributed by atoms with Crippen LogP contribution in [0.25, 0.3) is 0 Å². The maximum Gasteiger partial charge on any atom is 0.268 e. The third-order valence-corrected chi connectivity index (χ3v) is 3.34. The van der Waals surface area contributed by atoms with E-state index in [0.29, 0.717) is 30.1 Å². The Morgan fingerprint density at radius 2 is 2.14 bits per heavy atom. The molecule has 3 N–H and O–H groups in total. The van der Waals surface area contributed by atoms with E-state index in [1.807, 2.05) is 0 Å². The van der Waals surface area contributed by atoms with Crippen molar-refractivity contribution in [2.24, 2.45) is 5.73 Å². The van der Waals surface area contributed by atoms with Gasteiger partial charge in [0.15, 0.2) is 11.9 Å². The van der Waals surface area contributed by atoms with Crippen LogP contribution < -0.4 is 20.7 Å². The zero-order valence-electron chi connectivity index (χ0n) is 12.6. The minimum atomic E-state index is -0.682. The number of rotatable bonds is 5. The van der Waals surface area contributed by atoms with Gasteiger partial charge in [0, 0.05) is 18.7 Å². The fourth-order valence-corrected chi connectivity index (χ4v) is 2.20. The maximum absolute atomic E-state index is 12.3. The van der Waals surface area contributed by atoms with Crippen molar-refractivity contribution in [3.8, 4) is 5.75 Å². The molecule has 2 amide bonds. The molecule has 1 aliphatic rings. The van der Waals surface area contributed by atoms with E-state index in [1.54, 1.807) is 25.1 Å². The van der Waals surface area contributed by atoms with Crippen molar-refractivity contribution in [3.05, 3.63) is 23.8 Å². The molecule has 0 saturated carbocycles. The summed E-state index contributed by atoms with van der Waals surface area (Å²) in [5.41, 5.74) is 6.22. The Kier molecular flexibility index (Phi) is 4.77. The van der Waals surface area contributed by atoms with E-state index in [2.05, 4.69) is 5.32 Å². The summed E-state index contributed by atoms with van der Waals surface area (Å²) in [4.78, 5) is 37.0. The normalized spacial score (nSPS) is 16.8. The van der Waals surface area contributed by atoms with Crippen LogP contribution >= 0.6 is 0 Å². The molecule has 1 aromatic rings. The molecule has 1 atom stereocenters. The van der Waals surface area contributed by atoms with Crippen molar-refractivity contribution in [1.82, 2.24) is 5.32 Å². The highest BCUT2D eigenvalue weighted by Crippen LogP contribution is 2.34. The number of fused-ring (bicyclic) bond motifs is 1. The Hall–Kier alpha value is -2.41. The Labute approximate surface area is 128 Å². The fourth-order valence-electron chi connectivity index (χ4n) is 2.20. The molecule has 0 radical (unpaired) electrons. The molecule has 0 bridgehead atoms. The number of nitrogens with two attached hydrogens (primary N) is 1. The van der Waals surface area contributed by atoms with Gasteiger partial charge < -0.3 is 15.8 Å². The summed E-state index contributed by atoms with van der Waals surface area (Å²) >= 11 is 0. The van der Waals surface area contributed by atoms with Gasteiger partial charge in [-0.25, -0.2) is 0 Å². The number of benzene rings is 1. The summed E-state index contributed by atoms with van der Waals surface area (Å²) < 4.78 is 5.52. The second-order valence-electron chi connectivity index (χ2n) is 5.06. The summed E-state index contributed by atoms with van der Waals surface area (Å²) in [7, 11) is 0. The van der Waals surface area contributed by atoms with E-state index in [4.69, 9.17) is 10.5 Å². The van der Waals surface area contributed by atoms with Gasteiger partial charge in [-0.05, 0) is 32.0 Å². The van der Waals surface area contributed by atoms with Gasteiger partial charge in [-0.2, -0.15) is 0 Å². The number of hydrogen-bond donors (Lipinski definition) is 2. The van der Waals surface area contributed by atoms with Crippen LogP contribution in [0.15, 0.2) is 18.2 Å². The molecule has 0 aromatic heterocycles. The highest BCUT2D eigenvalue weighted by molar-refractivity contribution is 6.05. The zero-order chi connectivity index (χ0) is 16.3. The van der Waals surface area contributed by atoms with Crippen LogP contribution in [0.3, 0.4) is 0 Å². The first-order chi connectivity index (χ1) is 10.4. The van der Waals surface area contributed by atoms with Gasteiger partial charge in [0.05, 0.1) is 5.69 Å². The number of carbonyl (C=O) groups is 3. The molecule has 0 saturated heterocycles. The van der Waals surface area contributed by atoms with E-state index in [-0.39, 0.29) is 24.1 Å². The van der Waals surface area contributed by atoms with Crippen LogP contribution in [-0.4, -0.2) is 43.3 Å². The lowest BCUT2D eigenvalue weighted by molar-refractivity contribution is -0.128. The highest BCUT2D eigenvalue weighted by Gasteiger charge is 2.33. The predicted molar refractivity (Wildman–Crippen MR) is 81.0 cm³/mol. The number of nitrogens with zero attached hydrogens (tertiary/aromatic N) is 1. The molecular weight excluding hydrogens is 286 g/mol. The first-order valence-electron chi connectivity index (χ1n) is 7.04. The Balaban J connectivity index is 2.32. The second kappa shape index (κ2) is 6.57. The first-order valence-corrected chi connectivity index (χ1v) is 7.04. The molecule has 0 aliphatic carbocycles. The number of ether oxygens (including phenoxy) is 1. The number of carbonyl (C=O) groups excluding carboxylic acids is 3. The van der Waals surface area contributed by atoms with Crippen LogP contribution in [0.2, 0.25) is 0 Å². The largest absolute Gasteiger partial charge is 0.479 e. The van der Waals surface area contributed by atoms with Crippen molar-refractivity contribution in [2.45, 2.75) is 20.0 Å². The van der Waals surface area contributed by atoms with Crippen molar-refractivity contribution in [1.29, 1.82) is 0 Å². The van der Waals surface area contributed by atoms with Gasteiger partial charge in [0.2, 0.25) is 5.91 Å². The van der Waals surface area contributed by atoms with Gasteiger partial charge in [-0.3, -0.25) is 19.3 Å². The highest BCUT2D eigenvalue weighted by atomic mass is 16.5. The molecule has 7 heteroatoms. The Morgan fingerprint density at radius 1 is 1.41 bits per heavy atom. The van der Waals surface area contributed by atoms with Gasteiger partial charge in [-0.1, -0.05) is 0 Å². The number of amides is 2. The monoisotopic (exact) mass is 305 g/mol. The maximum atomic E-state index is 12.3. The molecule has 1 unspecified atom stereocenters. The van der Waals surface area contributed by atoms with Gasteiger partial charge in [-0.15, -0.1) is 0 Å². The van der Waals surface area contributed by atoms with E-state index in [0.717, 1.165) is 0 Å². The van der Waals surface area contributed by atoms with E-state index in [1.165, 1.54) is 11.8 Å². The number of nitrogens with one attached hydrogen (secondary N) is 1. The number of Topliss-reactive ketones (excluding diaryl/α,β-unsaturated/α-hetero) is 1. The van der Waals surface area contributed by atoms with Crippen molar-refractivity contribution < 1.29 is 19.1 Å². The molecule has 1 heterocycles. The zero-order valence-corrected chi connectivity index (χ0v) is 12.6. The van der Waals surface area contributed by atoms with E-state index in [9.17, 15) is 14.4 Å². The van der Waals surface area contributed by atoms with Gasteiger partial charge in [0.1, 0.15) is 12.3 Å².